The number of aryl methyl sites for hydroxylation is 1. The van der Waals surface area contributed by atoms with E-state index in [9.17, 15) is 18.3 Å². The van der Waals surface area contributed by atoms with Gasteiger partial charge in [0, 0.05) is 38.9 Å². The minimum Gasteiger partial charge on any atom is -0.387 e. The second kappa shape index (κ2) is 9.94. The number of ether oxygens (including phenoxy) is 1. The monoisotopic (exact) mass is 516 g/mol. The van der Waals surface area contributed by atoms with E-state index in [1.54, 1.807) is 21.0 Å². The van der Waals surface area contributed by atoms with E-state index in [4.69, 9.17) is 9.73 Å². The number of piperidine rings is 1. The van der Waals surface area contributed by atoms with Crippen LogP contribution in [0.4, 0.5) is 24.7 Å². The molecule has 4 heterocycles. The standard InChI is InChI=1S/C26H31F3N6O2/c1-15(17-5-4-6-18(21(17)27)22(28)29)31-23-19-13-20(34-10-7-26(36,8-11-34)14-37-3)25-30-9-12-35(25)24(19)33-16(2)32-23/h4-6,13,15,22,30,36H,7-12,14H2,1-3H3. The molecular formula is C26H31F3N6O2. The third-order valence-corrected chi connectivity index (χ3v) is 7.20. The number of methoxy groups -OCH3 is 1. The highest BCUT2D eigenvalue weighted by Crippen LogP contribution is 2.38. The predicted octanol–water partition coefficient (Wildman–Crippen LogP) is 3.83. The molecule has 1 atom stereocenters. The molecule has 1 unspecified atom stereocenters. The molecule has 0 spiro atoms. The van der Waals surface area contributed by atoms with Gasteiger partial charge in [-0.15, -0.1) is 0 Å². The van der Waals surface area contributed by atoms with E-state index in [0.29, 0.717) is 61.8 Å². The first-order valence-corrected chi connectivity index (χ1v) is 12.4. The molecule has 4 aliphatic rings. The van der Waals surface area contributed by atoms with Crippen molar-refractivity contribution in [2.24, 2.45) is 4.99 Å². The van der Waals surface area contributed by atoms with Crippen molar-refractivity contribution in [1.29, 1.82) is 0 Å². The van der Waals surface area contributed by atoms with Crippen LogP contribution in [0.15, 0.2) is 29.3 Å². The molecule has 0 aliphatic carbocycles. The van der Waals surface area contributed by atoms with Crippen molar-refractivity contribution in [3.8, 4) is 11.4 Å². The van der Waals surface area contributed by atoms with E-state index in [2.05, 4.69) is 24.8 Å². The van der Waals surface area contributed by atoms with Crippen molar-refractivity contribution in [2.45, 2.75) is 51.3 Å². The summed E-state index contributed by atoms with van der Waals surface area (Å²) in [6, 6.07) is 5.23. The number of benzene rings is 1. The number of nitrogens with one attached hydrogen (secondary N) is 1. The number of pyridine rings is 1. The third kappa shape index (κ3) is 4.77. The Kier molecular flexibility index (Phi) is 6.84. The number of alkyl halides is 2. The van der Waals surface area contributed by atoms with Crippen molar-refractivity contribution in [2.75, 3.05) is 43.6 Å². The lowest BCUT2D eigenvalue weighted by Crippen LogP contribution is -2.47. The van der Waals surface area contributed by atoms with Crippen LogP contribution in [0.25, 0.3) is 11.4 Å². The Bertz CT molecular complexity index is 1340. The zero-order chi connectivity index (χ0) is 26.3. The number of rotatable bonds is 6. The maximum Gasteiger partial charge on any atom is 0.266 e. The first-order valence-electron chi connectivity index (χ1n) is 12.4. The summed E-state index contributed by atoms with van der Waals surface area (Å²) in [4.78, 5) is 16.1. The molecule has 1 fully saturated rings. The van der Waals surface area contributed by atoms with Gasteiger partial charge in [0.1, 0.15) is 23.3 Å². The van der Waals surface area contributed by atoms with Crippen LogP contribution in [0.1, 0.15) is 49.2 Å². The zero-order valence-corrected chi connectivity index (χ0v) is 21.1. The molecule has 11 heteroatoms. The number of nitrogens with zero attached hydrogens (tertiary/aromatic N) is 5. The molecule has 1 aromatic carbocycles. The summed E-state index contributed by atoms with van der Waals surface area (Å²) in [5.74, 6) is 1.22. The molecule has 0 bridgehead atoms. The summed E-state index contributed by atoms with van der Waals surface area (Å²) in [7, 11) is 1.59. The molecule has 1 saturated heterocycles. The molecule has 0 radical (unpaired) electrons. The topological polar surface area (TPSA) is 87.8 Å². The van der Waals surface area contributed by atoms with Crippen molar-refractivity contribution in [3.05, 3.63) is 52.5 Å². The maximum atomic E-state index is 14.9. The number of anilines is 2. The number of fused-ring (bicyclic) bond motifs is 3. The Balaban J connectivity index is 1.60. The second-order valence-electron chi connectivity index (χ2n) is 9.79. The lowest BCUT2D eigenvalue weighted by Gasteiger charge is -2.39. The number of hydrogen-bond acceptors (Lipinski definition) is 7. The van der Waals surface area contributed by atoms with Gasteiger partial charge in [-0.1, -0.05) is 18.2 Å². The predicted molar refractivity (Wildman–Crippen MR) is 133 cm³/mol. The van der Waals surface area contributed by atoms with Gasteiger partial charge in [-0.2, -0.15) is 0 Å². The van der Waals surface area contributed by atoms with Gasteiger partial charge in [-0.25, -0.2) is 23.1 Å². The molecule has 0 aromatic heterocycles. The Hall–Kier alpha value is -3.18. The van der Waals surface area contributed by atoms with Gasteiger partial charge in [0.15, 0.2) is 5.49 Å². The van der Waals surface area contributed by atoms with Crippen molar-refractivity contribution in [3.63, 3.8) is 0 Å². The molecule has 0 saturated carbocycles. The average molecular weight is 517 g/mol. The summed E-state index contributed by atoms with van der Waals surface area (Å²) in [6.45, 7) is 6.46. The number of aromatic nitrogens is 3. The molecule has 198 valence electrons. The van der Waals surface area contributed by atoms with E-state index in [1.807, 2.05) is 6.07 Å². The van der Waals surface area contributed by atoms with Crippen molar-refractivity contribution >= 4 is 11.5 Å². The lowest BCUT2D eigenvalue weighted by molar-refractivity contribution is -0.0471. The van der Waals surface area contributed by atoms with Gasteiger partial charge < -0.3 is 24.6 Å². The third-order valence-electron chi connectivity index (χ3n) is 7.20. The van der Waals surface area contributed by atoms with Gasteiger partial charge in [0.05, 0.1) is 35.1 Å². The Labute approximate surface area is 213 Å². The normalized spacial score (nSPS) is 18.4. The fourth-order valence-electron chi connectivity index (χ4n) is 5.25. The van der Waals surface area contributed by atoms with Crippen LogP contribution in [0.5, 0.6) is 0 Å². The second-order valence-corrected chi connectivity index (χ2v) is 9.79. The Morgan fingerprint density at radius 3 is 2.62 bits per heavy atom. The quantitative estimate of drug-likeness (QED) is 0.518. The van der Waals surface area contributed by atoms with Crippen LogP contribution in [0.3, 0.4) is 0 Å². The van der Waals surface area contributed by atoms with Gasteiger partial charge >= 0.3 is 0 Å². The molecule has 1 aromatic rings. The summed E-state index contributed by atoms with van der Waals surface area (Å²) in [5, 5.41) is 14.2. The van der Waals surface area contributed by atoms with Crippen molar-refractivity contribution in [1.82, 2.24) is 14.5 Å². The molecule has 4 aliphatic heterocycles. The van der Waals surface area contributed by atoms with Gasteiger partial charge in [0.2, 0.25) is 0 Å². The van der Waals surface area contributed by atoms with Crippen LogP contribution in [0.2, 0.25) is 0 Å². The van der Waals surface area contributed by atoms with Crippen LogP contribution in [-0.2, 0) is 11.3 Å². The summed E-state index contributed by atoms with van der Waals surface area (Å²) in [5.41, 5.74) is 0.636. The SMILES string of the molecule is COCC1(O)CCN(c2cc3c(=NC(C)c4cccc(C(F)F)c4F)nc(C)nc-3n3c2NCC3)CC1. The smallest absolute Gasteiger partial charge is 0.266 e. The van der Waals surface area contributed by atoms with Crippen LogP contribution >= 0.6 is 0 Å². The first-order chi connectivity index (χ1) is 17.7. The minimum absolute atomic E-state index is 0.0892. The number of hydrogen-bond donors (Lipinski definition) is 2. The van der Waals surface area contributed by atoms with Gasteiger partial charge in [0.25, 0.3) is 6.43 Å². The molecular weight excluding hydrogens is 485 g/mol. The van der Waals surface area contributed by atoms with E-state index < -0.39 is 29.4 Å². The van der Waals surface area contributed by atoms with E-state index in [-0.39, 0.29) is 5.56 Å². The van der Waals surface area contributed by atoms with E-state index in [1.165, 1.54) is 12.1 Å². The first kappa shape index (κ1) is 25.5. The maximum absolute atomic E-state index is 14.9. The molecule has 0 amide bonds. The largest absolute Gasteiger partial charge is 0.387 e. The van der Waals surface area contributed by atoms with E-state index in [0.717, 1.165) is 24.1 Å². The van der Waals surface area contributed by atoms with Crippen LogP contribution in [0, 0.1) is 12.7 Å². The number of aliphatic hydroxyl groups is 1. The van der Waals surface area contributed by atoms with Crippen LogP contribution in [-0.4, -0.2) is 58.6 Å². The molecule has 5 rings (SSSR count). The minimum atomic E-state index is -2.91. The lowest BCUT2D eigenvalue weighted by atomic mass is 9.92. The fourth-order valence-corrected chi connectivity index (χ4v) is 5.25. The highest BCUT2D eigenvalue weighted by molar-refractivity contribution is 5.77. The Morgan fingerprint density at radius 1 is 1.19 bits per heavy atom. The molecule has 37 heavy (non-hydrogen) atoms. The molecule has 2 N–H and O–H groups in total. The summed E-state index contributed by atoms with van der Waals surface area (Å²) >= 11 is 0. The molecule has 8 nitrogen and oxygen atoms in total. The Morgan fingerprint density at radius 2 is 1.92 bits per heavy atom. The van der Waals surface area contributed by atoms with E-state index >= 15 is 0 Å². The number of halogens is 3. The van der Waals surface area contributed by atoms with Gasteiger partial charge in [-0.3, -0.25) is 4.99 Å². The summed E-state index contributed by atoms with van der Waals surface area (Å²) in [6.07, 6.45) is -1.78. The van der Waals surface area contributed by atoms with Crippen LogP contribution < -0.4 is 15.7 Å². The van der Waals surface area contributed by atoms with Crippen molar-refractivity contribution < 1.29 is 23.0 Å². The fraction of sp³-hybridized carbons (Fsp3) is 0.500. The highest BCUT2D eigenvalue weighted by Gasteiger charge is 2.34. The zero-order valence-electron chi connectivity index (χ0n) is 21.1. The van der Waals surface area contributed by atoms with Gasteiger partial charge in [-0.05, 0) is 32.8 Å². The summed E-state index contributed by atoms with van der Waals surface area (Å²) < 4.78 is 48.7. The highest BCUT2D eigenvalue weighted by atomic mass is 19.3. The average Bonchev–Trinajstić information content (AvgIpc) is 3.35.